The lowest BCUT2D eigenvalue weighted by atomic mass is 10.1. The van der Waals surface area contributed by atoms with Crippen LogP contribution in [0, 0.1) is 11.3 Å². The van der Waals surface area contributed by atoms with E-state index in [1.807, 2.05) is 24.8 Å². The molecule has 2 aromatic rings. The summed E-state index contributed by atoms with van der Waals surface area (Å²) in [6.07, 6.45) is 6.00. The molecular formula is C15H17N5OS. The quantitative estimate of drug-likeness (QED) is 0.938. The number of hydrogen-bond acceptors (Lipinski definition) is 5. The van der Waals surface area contributed by atoms with E-state index in [0.29, 0.717) is 17.1 Å². The molecule has 0 saturated carbocycles. The second kappa shape index (κ2) is 6.30. The van der Waals surface area contributed by atoms with Gasteiger partial charge in [0.1, 0.15) is 11.1 Å². The number of nitrogens with one attached hydrogen (secondary N) is 1. The first-order valence-electron chi connectivity index (χ1n) is 7.17. The topological polar surface area (TPSA) is 74.0 Å². The molecule has 0 aliphatic carbocycles. The van der Waals surface area contributed by atoms with E-state index in [1.165, 1.54) is 11.3 Å². The van der Waals surface area contributed by atoms with E-state index in [0.717, 1.165) is 24.9 Å². The van der Waals surface area contributed by atoms with Crippen LogP contribution in [0.2, 0.25) is 0 Å². The molecule has 1 fully saturated rings. The van der Waals surface area contributed by atoms with Gasteiger partial charge >= 0.3 is 0 Å². The van der Waals surface area contributed by atoms with Crippen LogP contribution in [0.15, 0.2) is 23.8 Å². The fraction of sp³-hybridized carbons (Fsp3) is 0.400. The second-order valence-electron chi connectivity index (χ2n) is 5.40. The minimum Gasteiger partial charge on any atom is -0.315 e. The Morgan fingerprint density at radius 3 is 3.23 bits per heavy atom. The van der Waals surface area contributed by atoms with Crippen LogP contribution in [0.25, 0.3) is 0 Å². The summed E-state index contributed by atoms with van der Waals surface area (Å²) in [5, 5.41) is 18.5. The average molecular weight is 315 g/mol. The number of carbonyl (C=O) groups is 1. The molecule has 6 nitrogen and oxygen atoms in total. The van der Waals surface area contributed by atoms with Crippen molar-refractivity contribution in [2.45, 2.75) is 18.9 Å². The number of rotatable bonds is 4. The molecule has 1 N–H and O–H groups in total. The Kier molecular flexibility index (Phi) is 4.22. The van der Waals surface area contributed by atoms with Crippen molar-refractivity contribution < 1.29 is 4.79 Å². The van der Waals surface area contributed by atoms with E-state index in [1.54, 1.807) is 10.7 Å². The van der Waals surface area contributed by atoms with Gasteiger partial charge in [-0.05, 0) is 30.8 Å². The van der Waals surface area contributed by atoms with E-state index < -0.39 is 0 Å². The van der Waals surface area contributed by atoms with Gasteiger partial charge in [-0.3, -0.25) is 14.4 Å². The summed E-state index contributed by atoms with van der Waals surface area (Å²) >= 11 is 1.37. The van der Waals surface area contributed by atoms with Gasteiger partial charge in [-0.2, -0.15) is 10.4 Å². The lowest BCUT2D eigenvalue weighted by molar-refractivity contribution is -0.117. The van der Waals surface area contributed by atoms with Crippen LogP contribution in [0.4, 0.5) is 5.00 Å². The average Bonchev–Trinajstić information content (AvgIpc) is 3.19. The summed E-state index contributed by atoms with van der Waals surface area (Å²) in [5.74, 6) is -0.0743. The van der Waals surface area contributed by atoms with Crippen molar-refractivity contribution in [2.75, 3.05) is 18.4 Å². The highest BCUT2D eigenvalue weighted by Gasteiger charge is 2.28. The lowest BCUT2D eigenvalue weighted by Crippen LogP contribution is -2.32. The molecule has 3 heterocycles. The third kappa shape index (κ3) is 3.03. The zero-order valence-electron chi connectivity index (χ0n) is 12.3. The predicted molar refractivity (Wildman–Crippen MR) is 84.4 cm³/mol. The Morgan fingerprint density at radius 2 is 2.50 bits per heavy atom. The van der Waals surface area contributed by atoms with Crippen LogP contribution in [-0.4, -0.2) is 33.7 Å². The molecule has 0 spiro atoms. The van der Waals surface area contributed by atoms with E-state index in [4.69, 9.17) is 5.26 Å². The fourth-order valence-corrected chi connectivity index (χ4v) is 3.60. The molecular weight excluding hydrogens is 298 g/mol. The first kappa shape index (κ1) is 14.8. The monoisotopic (exact) mass is 315 g/mol. The molecule has 1 saturated heterocycles. The lowest BCUT2D eigenvalue weighted by Gasteiger charge is -2.22. The first-order chi connectivity index (χ1) is 10.7. The van der Waals surface area contributed by atoms with Crippen LogP contribution in [0.5, 0.6) is 0 Å². The van der Waals surface area contributed by atoms with E-state index in [9.17, 15) is 4.79 Å². The summed E-state index contributed by atoms with van der Waals surface area (Å²) < 4.78 is 1.79. The smallest absolute Gasteiger partial charge is 0.239 e. The van der Waals surface area contributed by atoms with E-state index >= 15 is 0 Å². The van der Waals surface area contributed by atoms with Crippen molar-refractivity contribution in [3.8, 4) is 6.07 Å². The van der Waals surface area contributed by atoms with Gasteiger partial charge in [-0.15, -0.1) is 11.3 Å². The number of anilines is 1. The highest BCUT2D eigenvalue weighted by molar-refractivity contribution is 7.14. The Hall–Kier alpha value is -2.17. The third-order valence-corrected chi connectivity index (χ3v) is 4.69. The van der Waals surface area contributed by atoms with Gasteiger partial charge in [-0.1, -0.05) is 0 Å². The summed E-state index contributed by atoms with van der Waals surface area (Å²) in [7, 11) is 1.90. The maximum absolute atomic E-state index is 12.2. The molecule has 1 unspecified atom stereocenters. The fourth-order valence-electron chi connectivity index (χ4n) is 2.85. The SMILES string of the molecule is Cn1cc(C2CCCN2CC(=O)Nc2sccc2C#N)cn1. The van der Waals surface area contributed by atoms with Gasteiger partial charge in [-0.25, -0.2) is 0 Å². The Bertz CT molecular complexity index is 714. The molecule has 7 heteroatoms. The summed E-state index contributed by atoms with van der Waals surface area (Å²) in [5.41, 5.74) is 1.67. The van der Waals surface area contributed by atoms with Crippen molar-refractivity contribution in [1.29, 1.82) is 5.26 Å². The number of likely N-dealkylation sites (tertiary alicyclic amines) is 1. The molecule has 0 bridgehead atoms. The van der Waals surface area contributed by atoms with Crippen LogP contribution in [0.3, 0.4) is 0 Å². The number of carbonyl (C=O) groups excluding carboxylic acids is 1. The summed E-state index contributed by atoms with van der Waals surface area (Å²) in [4.78, 5) is 14.4. The van der Waals surface area contributed by atoms with E-state index in [-0.39, 0.29) is 11.9 Å². The van der Waals surface area contributed by atoms with Crippen LogP contribution < -0.4 is 5.32 Å². The molecule has 0 aromatic carbocycles. The number of aromatic nitrogens is 2. The normalized spacial score (nSPS) is 18.3. The maximum atomic E-state index is 12.2. The zero-order chi connectivity index (χ0) is 15.5. The molecule has 1 amide bonds. The van der Waals surface area contributed by atoms with Crippen LogP contribution in [-0.2, 0) is 11.8 Å². The number of aryl methyl sites for hydroxylation is 1. The van der Waals surface area contributed by atoms with Crippen LogP contribution in [0.1, 0.15) is 30.0 Å². The largest absolute Gasteiger partial charge is 0.315 e. The number of nitriles is 1. The zero-order valence-corrected chi connectivity index (χ0v) is 13.1. The standard InChI is InChI=1S/C15H17N5OS/c1-19-9-12(8-17-19)13-3-2-5-20(13)10-14(21)18-15-11(7-16)4-6-22-15/h4,6,8-9,13H,2-3,5,10H2,1H3,(H,18,21). The second-order valence-corrected chi connectivity index (χ2v) is 6.32. The minimum absolute atomic E-state index is 0.0743. The van der Waals surface area contributed by atoms with Gasteiger partial charge in [0.15, 0.2) is 0 Å². The number of thiophene rings is 1. The highest BCUT2D eigenvalue weighted by Crippen LogP contribution is 2.31. The van der Waals surface area contributed by atoms with Gasteiger partial charge in [0.25, 0.3) is 0 Å². The van der Waals surface area contributed by atoms with Crippen molar-refractivity contribution in [2.24, 2.45) is 7.05 Å². The Labute approximate surface area is 133 Å². The molecule has 1 aliphatic heterocycles. The molecule has 2 aromatic heterocycles. The molecule has 0 radical (unpaired) electrons. The minimum atomic E-state index is -0.0743. The van der Waals surface area contributed by atoms with Gasteiger partial charge < -0.3 is 5.32 Å². The maximum Gasteiger partial charge on any atom is 0.239 e. The first-order valence-corrected chi connectivity index (χ1v) is 8.05. The Morgan fingerprint density at radius 1 is 1.64 bits per heavy atom. The van der Waals surface area contributed by atoms with Gasteiger partial charge in [0, 0.05) is 24.8 Å². The molecule has 3 rings (SSSR count). The van der Waals surface area contributed by atoms with Crippen molar-refractivity contribution >= 4 is 22.2 Å². The molecule has 1 aliphatic rings. The molecule has 1 atom stereocenters. The number of amides is 1. The van der Waals surface area contributed by atoms with Gasteiger partial charge in [0.2, 0.25) is 5.91 Å². The van der Waals surface area contributed by atoms with Crippen LogP contribution >= 0.6 is 11.3 Å². The number of nitrogens with zero attached hydrogens (tertiary/aromatic N) is 4. The molecule has 22 heavy (non-hydrogen) atoms. The summed E-state index contributed by atoms with van der Waals surface area (Å²) in [6, 6.07) is 4.05. The predicted octanol–water partition coefficient (Wildman–Crippen LogP) is 2.13. The highest BCUT2D eigenvalue weighted by atomic mass is 32.1. The third-order valence-electron chi connectivity index (χ3n) is 3.86. The number of hydrogen-bond donors (Lipinski definition) is 1. The van der Waals surface area contributed by atoms with Crippen molar-refractivity contribution in [1.82, 2.24) is 14.7 Å². The van der Waals surface area contributed by atoms with Gasteiger partial charge in [0.05, 0.1) is 18.3 Å². The van der Waals surface area contributed by atoms with Crippen molar-refractivity contribution in [3.63, 3.8) is 0 Å². The van der Waals surface area contributed by atoms with E-state index in [2.05, 4.69) is 21.4 Å². The van der Waals surface area contributed by atoms with Crippen molar-refractivity contribution in [3.05, 3.63) is 35.0 Å². The Balaban J connectivity index is 1.64. The molecule has 114 valence electrons. The summed E-state index contributed by atoms with van der Waals surface area (Å²) in [6.45, 7) is 1.24.